The van der Waals surface area contributed by atoms with Crippen LogP contribution in [0.4, 0.5) is 5.13 Å². The van der Waals surface area contributed by atoms with Gasteiger partial charge in [-0.15, -0.1) is 0 Å². The topological polar surface area (TPSA) is 42.4 Å². The van der Waals surface area contributed by atoms with Crippen molar-refractivity contribution in [1.29, 1.82) is 0 Å². The number of carbonyl (C=O) groups excluding carboxylic acids is 1. The van der Waals surface area contributed by atoms with Crippen molar-refractivity contribution in [2.75, 3.05) is 11.5 Å². The molecule has 6 heteroatoms. The maximum absolute atomic E-state index is 13.6. The lowest BCUT2D eigenvalue weighted by atomic mass is 10.1. The van der Waals surface area contributed by atoms with Crippen LogP contribution in [0.25, 0.3) is 10.2 Å². The fourth-order valence-corrected chi connectivity index (χ4v) is 4.56. The molecule has 0 saturated heterocycles. The Morgan fingerprint density at radius 1 is 1.06 bits per heavy atom. The monoisotopic (exact) mass is 464 g/mol. The van der Waals surface area contributed by atoms with E-state index in [9.17, 15) is 4.79 Å². The van der Waals surface area contributed by atoms with Gasteiger partial charge in [-0.25, -0.2) is 4.98 Å². The minimum atomic E-state index is -0.100. The molecular weight excluding hydrogens is 440 g/mol. The van der Waals surface area contributed by atoms with Crippen LogP contribution < -0.4 is 9.64 Å². The van der Waals surface area contributed by atoms with E-state index in [-0.39, 0.29) is 5.91 Å². The zero-order valence-electron chi connectivity index (χ0n) is 18.2. The van der Waals surface area contributed by atoms with Crippen molar-refractivity contribution < 1.29 is 9.53 Å². The van der Waals surface area contributed by atoms with E-state index in [2.05, 4.69) is 6.92 Å². The van der Waals surface area contributed by atoms with Crippen molar-refractivity contribution in [1.82, 2.24) is 4.98 Å². The SMILES string of the molecule is CCCCOc1ccc(C(=O)N(Cc2ccccc2)c2nc3c(C)c(Cl)ccc3s2)cc1. The number of carbonyl (C=O) groups is 1. The molecule has 3 aromatic carbocycles. The van der Waals surface area contributed by atoms with Gasteiger partial charge >= 0.3 is 0 Å². The maximum atomic E-state index is 13.6. The predicted octanol–water partition coefficient (Wildman–Crippen LogP) is 7.28. The number of hydrogen-bond acceptors (Lipinski definition) is 4. The Kier molecular flexibility index (Phi) is 7.08. The number of fused-ring (bicyclic) bond motifs is 1. The van der Waals surface area contributed by atoms with E-state index in [4.69, 9.17) is 21.3 Å². The van der Waals surface area contributed by atoms with Gasteiger partial charge in [0.15, 0.2) is 5.13 Å². The Bertz CT molecular complexity index is 1210. The van der Waals surface area contributed by atoms with Gasteiger partial charge in [-0.1, -0.05) is 66.6 Å². The smallest absolute Gasteiger partial charge is 0.260 e. The second kappa shape index (κ2) is 10.2. The summed E-state index contributed by atoms with van der Waals surface area (Å²) < 4.78 is 6.75. The van der Waals surface area contributed by atoms with Crippen LogP contribution in [0.3, 0.4) is 0 Å². The summed E-state index contributed by atoms with van der Waals surface area (Å²) >= 11 is 7.80. The zero-order chi connectivity index (χ0) is 22.5. The van der Waals surface area contributed by atoms with E-state index in [0.29, 0.717) is 28.9 Å². The molecule has 1 aromatic heterocycles. The quantitative estimate of drug-likeness (QED) is 0.257. The lowest BCUT2D eigenvalue weighted by Gasteiger charge is -2.20. The van der Waals surface area contributed by atoms with Crippen molar-refractivity contribution in [3.8, 4) is 5.75 Å². The molecule has 164 valence electrons. The van der Waals surface area contributed by atoms with Crippen LogP contribution in [0.2, 0.25) is 5.02 Å². The van der Waals surface area contributed by atoms with E-state index in [1.54, 1.807) is 4.90 Å². The van der Waals surface area contributed by atoms with E-state index in [0.717, 1.165) is 39.9 Å². The minimum Gasteiger partial charge on any atom is -0.494 e. The average Bonchev–Trinajstić information content (AvgIpc) is 3.26. The molecule has 0 unspecified atom stereocenters. The number of aryl methyl sites for hydroxylation is 1. The number of anilines is 1. The van der Waals surface area contributed by atoms with Gasteiger partial charge in [0.05, 0.1) is 23.4 Å². The van der Waals surface area contributed by atoms with Crippen molar-refractivity contribution in [2.45, 2.75) is 33.2 Å². The molecule has 0 fully saturated rings. The molecule has 0 saturated carbocycles. The molecule has 1 heterocycles. The predicted molar refractivity (Wildman–Crippen MR) is 133 cm³/mol. The van der Waals surface area contributed by atoms with Crippen LogP contribution >= 0.6 is 22.9 Å². The highest BCUT2D eigenvalue weighted by Crippen LogP contribution is 2.35. The molecule has 0 aliphatic rings. The summed E-state index contributed by atoms with van der Waals surface area (Å²) in [5.41, 5.74) is 3.39. The van der Waals surface area contributed by atoms with E-state index < -0.39 is 0 Å². The van der Waals surface area contributed by atoms with Crippen LogP contribution in [-0.4, -0.2) is 17.5 Å². The summed E-state index contributed by atoms with van der Waals surface area (Å²) in [6.45, 7) is 5.19. The molecule has 0 radical (unpaired) electrons. The van der Waals surface area contributed by atoms with E-state index in [1.165, 1.54) is 11.3 Å². The fourth-order valence-electron chi connectivity index (χ4n) is 3.38. The van der Waals surface area contributed by atoms with Gasteiger partial charge in [0, 0.05) is 10.6 Å². The largest absolute Gasteiger partial charge is 0.494 e. The molecule has 0 aliphatic heterocycles. The van der Waals surface area contributed by atoms with Gasteiger partial charge in [-0.3, -0.25) is 9.69 Å². The number of amides is 1. The fraction of sp³-hybridized carbons (Fsp3) is 0.231. The van der Waals surface area contributed by atoms with Crippen LogP contribution in [0.1, 0.15) is 41.3 Å². The molecule has 0 N–H and O–H groups in total. The molecule has 0 aliphatic carbocycles. The normalized spacial score (nSPS) is 11.0. The van der Waals surface area contributed by atoms with Crippen LogP contribution in [0, 0.1) is 6.92 Å². The summed E-state index contributed by atoms with van der Waals surface area (Å²) in [5.74, 6) is 0.673. The van der Waals surface area contributed by atoms with Gasteiger partial charge < -0.3 is 4.74 Å². The van der Waals surface area contributed by atoms with Gasteiger partial charge in [0.25, 0.3) is 5.91 Å². The molecule has 0 spiro atoms. The third kappa shape index (κ3) is 4.95. The maximum Gasteiger partial charge on any atom is 0.260 e. The summed E-state index contributed by atoms with van der Waals surface area (Å²) in [7, 11) is 0. The first-order valence-electron chi connectivity index (χ1n) is 10.7. The number of aromatic nitrogens is 1. The molecular formula is C26H25ClN2O2S. The zero-order valence-corrected chi connectivity index (χ0v) is 19.7. The first-order valence-corrected chi connectivity index (χ1v) is 11.9. The number of ether oxygens (including phenoxy) is 1. The Morgan fingerprint density at radius 3 is 2.53 bits per heavy atom. The highest BCUT2D eigenvalue weighted by molar-refractivity contribution is 7.22. The lowest BCUT2D eigenvalue weighted by molar-refractivity contribution is 0.0985. The van der Waals surface area contributed by atoms with Gasteiger partial charge in [0.1, 0.15) is 5.75 Å². The number of halogens is 1. The average molecular weight is 465 g/mol. The van der Waals surface area contributed by atoms with Gasteiger partial charge in [-0.05, 0) is 60.9 Å². The highest BCUT2D eigenvalue weighted by Gasteiger charge is 2.22. The van der Waals surface area contributed by atoms with Gasteiger partial charge in [0.2, 0.25) is 0 Å². The highest BCUT2D eigenvalue weighted by atomic mass is 35.5. The first kappa shape index (κ1) is 22.3. The molecule has 4 rings (SSSR count). The minimum absolute atomic E-state index is 0.100. The third-order valence-corrected chi connectivity index (χ3v) is 6.72. The number of unbranched alkanes of at least 4 members (excludes halogenated alkanes) is 1. The van der Waals surface area contributed by atoms with E-state index >= 15 is 0 Å². The molecule has 32 heavy (non-hydrogen) atoms. The Hall–Kier alpha value is -2.89. The number of hydrogen-bond donors (Lipinski definition) is 0. The van der Waals surface area contributed by atoms with E-state index in [1.807, 2.05) is 73.7 Å². The number of nitrogens with zero attached hydrogens (tertiary/aromatic N) is 2. The molecule has 0 atom stereocenters. The Labute approximate surface area is 197 Å². The first-order chi connectivity index (χ1) is 15.6. The number of benzene rings is 3. The molecule has 0 bridgehead atoms. The van der Waals surface area contributed by atoms with Crippen molar-refractivity contribution in [3.05, 3.63) is 88.4 Å². The third-order valence-electron chi connectivity index (χ3n) is 5.26. The van der Waals surface area contributed by atoms with Crippen molar-refractivity contribution >= 4 is 44.2 Å². The molecule has 4 nitrogen and oxygen atoms in total. The van der Waals surface area contributed by atoms with Crippen LogP contribution in [-0.2, 0) is 6.54 Å². The Balaban J connectivity index is 1.66. The summed E-state index contributed by atoms with van der Waals surface area (Å²) in [5, 5.41) is 1.33. The second-order valence-corrected chi connectivity index (χ2v) is 9.04. The Morgan fingerprint density at radius 2 is 1.81 bits per heavy atom. The van der Waals surface area contributed by atoms with Gasteiger partial charge in [-0.2, -0.15) is 0 Å². The summed E-state index contributed by atoms with van der Waals surface area (Å²) in [4.78, 5) is 20.1. The summed E-state index contributed by atoms with van der Waals surface area (Å²) in [6.07, 6.45) is 2.09. The molecule has 4 aromatic rings. The van der Waals surface area contributed by atoms with Crippen molar-refractivity contribution in [2.24, 2.45) is 0 Å². The number of rotatable bonds is 8. The van der Waals surface area contributed by atoms with Crippen molar-refractivity contribution in [3.63, 3.8) is 0 Å². The lowest BCUT2D eigenvalue weighted by Crippen LogP contribution is -2.30. The van der Waals surface area contributed by atoms with Crippen LogP contribution in [0.5, 0.6) is 5.75 Å². The number of thiazole rings is 1. The second-order valence-electron chi connectivity index (χ2n) is 7.62. The van der Waals surface area contributed by atoms with Crippen LogP contribution in [0.15, 0.2) is 66.7 Å². The molecule has 1 amide bonds. The summed E-state index contributed by atoms with van der Waals surface area (Å²) in [6, 6.07) is 21.1. The standard InChI is InChI=1S/C26H25ClN2O2S/c1-3-4-16-31-21-12-10-20(11-13-21)25(30)29(17-19-8-6-5-7-9-19)26-28-24-18(2)22(27)14-15-23(24)32-26/h5-15H,3-4,16-17H2,1-2H3.